The minimum Gasteiger partial charge on any atom is -0.471 e. The molecule has 1 unspecified atom stereocenters. The number of carbonyl (C=O) groups is 1. The number of H-pyrrole nitrogens is 1. The maximum atomic E-state index is 13.6. The second-order valence-corrected chi connectivity index (χ2v) is 11.8. The van der Waals surface area contributed by atoms with Crippen LogP contribution in [0.25, 0.3) is 11.3 Å². The van der Waals surface area contributed by atoms with Crippen LogP contribution in [0.2, 0.25) is 0 Å². The van der Waals surface area contributed by atoms with E-state index in [4.69, 9.17) is 4.74 Å². The summed E-state index contributed by atoms with van der Waals surface area (Å²) in [6.07, 6.45) is 1.27. The summed E-state index contributed by atoms with van der Waals surface area (Å²) < 4.78 is 35.7. The van der Waals surface area contributed by atoms with E-state index >= 15 is 0 Å². The summed E-state index contributed by atoms with van der Waals surface area (Å²) in [5.41, 5.74) is 4.63. The van der Waals surface area contributed by atoms with Gasteiger partial charge < -0.3 is 9.64 Å². The first-order valence-corrected chi connectivity index (χ1v) is 14.5. The molecule has 11 nitrogen and oxygen atoms in total. The van der Waals surface area contributed by atoms with Crippen LogP contribution in [0.15, 0.2) is 65.7 Å². The molecule has 12 heteroatoms. The highest BCUT2D eigenvalue weighted by Crippen LogP contribution is 2.30. The number of hydrogen-bond acceptors (Lipinski definition) is 8. The molecule has 0 saturated carbocycles. The molecule has 2 aliphatic heterocycles. The smallest absolute Gasteiger partial charge is 0.264 e. The van der Waals surface area contributed by atoms with Crippen LogP contribution in [0.5, 0.6) is 5.88 Å². The Bertz CT molecular complexity index is 1650. The molecule has 1 saturated heterocycles. The molecule has 1 fully saturated rings. The molecular formula is C28H29N7O4S. The number of fused-ring (bicyclic) bond motifs is 6. The Hall–Kier alpha value is -4.29. The number of amides is 1. The third-order valence-electron chi connectivity index (χ3n) is 7.16. The SMILES string of the molecule is Cc1cccc(C)c1-c1cc2nc(n1)NS(=O)(=O)c1cccc(c1)C(=O)N1CCN(Cc3ccn[nH]3)CC(C1)O2. The van der Waals surface area contributed by atoms with Gasteiger partial charge in [0.25, 0.3) is 15.9 Å². The molecule has 4 heterocycles. The molecule has 0 aliphatic carbocycles. The van der Waals surface area contributed by atoms with Gasteiger partial charge in [-0.2, -0.15) is 10.1 Å². The van der Waals surface area contributed by atoms with E-state index in [1.54, 1.807) is 29.3 Å². The first-order valence-electron chi connectivity index (χ1n) is 13.0. The van der Waals surface area contributed by atoms with E-state index in [-0.39, 0.29) is 28.2 Å². The molecule has 1 amide bonds. The lowest BCUT2D eigenvalue weighted by Gasteiger charge is -2.25. The monoisotopic (exact) mass is 559 g/mol. The molecule has 206 valence electrons. The van der Waals surface area contributed by atoms with Crippen molar-refractivity contribution in [2.45, 2.75) is 31.4 Å². The van der Waals surface area contributed by atoms with E-state index in [0.717, 1.165) is 22.4 Å². The van der Waals surface area contributed by atoms with Gasteiger partial charge in [0.1, 0.15) is 6.10 Å². The van der Waals surface area contributed by atoms with Crippen LogP contribution in [0.4, 0.5) is 5.95 Å². The quantitative estimate of drug-likeness (QED) is 0.391. The Labute approximate surface area is 232 Å². The number of ether oxygens (including phenoxy) is 1. The van der Waals surface area contributed by atoms with Crippen molar-refractivity contribution >= 4 is 21.9 Å². The van der Waals surface area contributed by atoms with Gasteiger partial charge in [0.2, 0.25) is 11.8 Å². The van der Waals surface area contributed by atoms with Gasteiger partial charge in [-0.1, -0.05) is 24.3 Å². The Balaban J connectivity index is 1.47. The molecule has 4 aromatic rings. The van der Waals surface area contributed by atoms with E-state index in [1.807, 2.05) is 38.1 Å². The molecule has 1 atom stereocenters. The number of carbonyl (C=O) groups excluding carboxylic acids is 1. The molecule has 6 bridgehead atoms. The summed E-state index contributed by atoms with van der Waals surface area (Å²) in [6, 6.07) is 15.6. The number of aryl methyl sites for hydroxylation is 2. The van der Waals surface area contributed by atoms with Crippen molar-refractivity contribution in [2.24, 2.45) is 0 Å². The van der Waals surface area contributed by atoms with E-state index in [1.165, 1.54) is 12.1 Å². The Morgan fingerprint density at radius 1 is 1.00 bits per heavy atom. The largest absolute Gasteiger partial charge is 0.471 e. The first-order chi connectivity index (χ1) is 19.2. The molecule has 0 radical (unpaired) electrons. The summed E-state index contributed by atoms with van der Waals surface area (Å²) in [5.74, 6) is -0.148. The number of benzene rings is 2. The highest BCUT2D eigenvalue weighted by molar-refractivity contribution is 7.92. The normalized spacial score (nSPS) is 18.9. The van der Waals surface area contributed by atoms with Crippen molar-refractivity contribution in [1.82, 2.24) is 30.0 Å². The van der Waals surface area contributed by atoms with Gasteiger partial charge in [-0.15, -0.1) is 0 Å². The minimum atomic E-state index is -4.09. The van der Waals surface area contributed by atoms with Gasteiger partial charge in [0.05, 0.1) is 17.1 Å². The number of hydrogen-bond donors (Lipinski definition) is 2. The van der Waals surface area contributed by atoms with Crippen LogP contribution in [0.1, 0.15) is 27.2 Å². The number of nitrogens with one attached hydrogen (secondary N) is 2. The van der Waals surface area contributed by atoms with Crippen molar-refractivity contribution in [3.05, 3.63) is 83.2 Å². The van der Waals surface area contributed by atoms with Crippen LogP contribution >= 0.6 is 0 Å². The maximum Gasteiger partial charge on any atom is 0.264 e. The van der Waals surface area contributed by atoms with Gasteiger partial charge in [-0.3, -0.25) is 14.8 Å². The number of nitrogens with zero attached hydrogens (tertiary/aromatic N) is 5. The molecule has 2 N–H and O–H groups in total. The van der Waals surface area contributed by atoms with Gasteiger partial charge in [0, 0.05) is 55.3 Å². The fourth-order valence-electron chi connectivity index (χ4n) is 5.26. The van der Waals surface area contributed by atoms with E-state index in [0.29, 0.717) is 38.4 Å². The van der Waals surface area contributed by atoms with Crippen LogP contribution in [0, 0.1) is 13.8 Å². The standard InChI is InChI=1S/C28H29N7O4S/c1-18-5-3-6-19(2)26(18)24-14-25-31-28(30-24)33-40(37,38)23-8-4-7-20(13-23)27(36)35-12-11-34(16-22(17-35)39-25)15-21-9-10-29-32-21/h3-10,13-14,22H,11-12,15-17H2,1-2H3,(H,29,32)(H,30,31,33). The predicted octanol–water partition coefficient (Wildman–Crippen LogP) is 3.00. The summed E-state index contributed by atoms with van der Waals surface area (Å²) in [7, 11) is -4.09. The zero-order valence-electron chi connectivity index (χ0n) is 22.2. The fraction of sp³-hybridized carbons (Fsp3) is 0.286. The van der Waals surface area contributed by atoms with Crippen molar-refractivity contribution in [3.63, 3.8) is 0 Å². The molecule has 6 rings (SSSR count). The van der Waals surface area contributed by atoms with E-state index in [2.05, 4.69) is 29.8 Å². The minimum absolute atomic E-state index is 0.0478. The molecule has 2 aromatic carbocycles. The van der Waals surface area contributed by atoms with E-state index < -0.39 is 16.1 Å². The Kier molecular flexibility index (Phi) is 6.72. The topological polar surface area (TPSA) is 133 Å². The molecule has 40 heavy (non-hydrogen) atoms. The fourth-order valence-corrected chi connectivity index (χ4v) is 6.25. The van der Waals surface area contributed by atoms with Crippen LogP contribution < -0.4 is 9.46 Å². The summed E-state index contributed by atoms with van der Waals surface area (Å²) >= 11 is 0. The predicted molar refractivity (Wildman–Crippen MR) is 148 cm³/mol. The second kappa shape index (κ2) is 10.4. The molecule has 0 spiro atoms. The lowest BCUT2D eigenvalue weighted by atomic mass is 10.00. The lowest BCUT2D eigenvalue weighted by Crippen LogP contribution is -2.40. The first kappa shape index (κ1) is 26.0. The van der Waals surface area contributed by atoms with Gasteiger partial charge in [-0.05, 0) is 49.2 Å². The molecule has 2 aromatic heterocycles. The average Bonchev–Trinajstić information content (AvgIpc) is 3.34. The Morgan fingerprint density at radius 3 is 2.58 bits per heavy atom. The molecular weight excluding hydrogens is 530 g/mol. The maximum absolute atomic E-state index is 13.6. The number of sulfonamides is 1. The van der Waals surface area contributed by atoms with Crippen LogP contribution in [0.3, 0.4) is 0 Å². The summed E-state index contributed by atoms with van der Waals surface area (Å²) in [5, 5.41) is 7.04. The summed E-state index contributed by atoms with van der Waals surface area (Å²) in [4.78, 5) is 26.5. The Morgan fingerprint density at radius 2 is 1.80 bits per heavy atom. The highest BCUT2D eigenvalue weighted by atomic mass is 32.2. The van der Waals surface area contributed by atoms with Crippen molar-refractivity contribution < 1.29 is 17.9 Å². The van der Waals surface area contributed by atoms with Gasteiger partial charge in [-0.25, -0.2) is 18.1 Å². The number of aromatic amines is 1. The third kappa shape index (κ3) is 5.27. The zero-order chi connectivity index (χ0) is 27.9. The number of aromatic nitrogens is 4. The van der Waals surface area contributed by atoms with Crippen LogP contribution in [-0.4, -0.2) is 76.6 Å². The van der Waals surface area contributed by atoms with Crippen molar-refractivity contribution in [2.75, 3.05) is 30.9 Å². The number of anilines is 1. The summed E-state index contributed by atoms with van der Waals surface area (Å²) in [6.45, 7) is 6.45. The van der Waals surface area contributed by atoms with Gasteiger partial charge >= 0.3 is 0 Å². The third-order valence-corrected chi connectivity index (χ3v) is 8.48. The van der Waals surface area contributed by atoms with Crippen molar-refractivity contribution in [1.29, 1.82) is 0 Å². The number of rotatable bonds is 3. The lowest BCUT2D eigenvalue weighted by molar-refractivity contribution is 0.0690. The van der Waals surface area contributed by atoms with Gasteiger partial charge in [0.15, 0.2) is 0 Å². The van der Waals surface area contributed by atoms with E-state index in [9.17, 15) is 13.2 Å². The van der Waals surface area contributed by atoms with Crippen LogP contribution in [-0.2, 0) is 16.6 Å². The molecule has 2 aliphatic rings. The average molecular weight is 560 g/mol. The second-order valence-electron chi connectivity index (χ2n) is 10.1. The highest BCUT2D eigenvalue weighted by Gasteiger charge is 2.30. The van der Waals surface area contributed by atoms with Crippen molar-refractivity contribution in [3.8, 4) is 17.1 Å². The zero-order valence-corrected chi connectivity index (χ0v) is 23.0.